The molecule has 1 atom stereocenters. The second-order valence-electron chi connectivity index (χ2n) is 6.82. The van der Waals surface area contributed by atoms with Crippen LogP contribution in [-0.2, 0) is 20.7 Å². The van der Waals surface area contributed by atoms with Crippen molar-refractivity contribution in [2.24, 2.45) is 0 Å². The highest BCUT2D eigenvalue weighted by Crippen LogP contribution is 2.27. The quantitative estimate of drug-likeness (QED) is 0.358. The van der Waals surface area contributed by atoms with Gasteiger partial charge in [-0.15, -0.1) is 11.3 Å². The van der Waals surface area contributed by atoms with Crippen LogP contribution in [0.3, 0.4) is 0 Å². The first-order chi connectivity index (χ1) is 15.2. The number of thiophene rings is 1. The lowest BCUT2D eigenvalue weighted by atomic mass is 10.0. The van der Waals surface area contributed by atoms with Crippen molar-refractivity contribution < 1.29 is 19.0 Å². The van der Waals surface area contributed by atoms with E-state index >= 15 is 0 Å². The van der Waals surface area contributed by atoms with Crippen LogP contribution in [0.2, 0.25) is 0 Å². The summed E-state index contributed by atoms with van der Waals surface area (Å²) in [5.41, 5.74) is 3.34. The average Bonchev–Trinajstić information content (AvgIpc) is 3.33. The molecule has 0 fully saturated rings. The molecule has 0 aliphatic rings. The maximum absolute atomic E-state index is 12.0. The third-order valence-corrected chi connectivity index (χ3v) is 5.57. The van der Waals surface area contributed by atoms with Crippen molar-refractivity contribution in [3.05, 3.63) is 94.2 Å². The van der Waals surface area contributed by atoms with Gasteiger partial charge in [0.05, 0.1) is 6.61 Å². The molecule has 31 heavy (non-hydrogen) atoms. The minimum Gasteiger partial charge on any atom is -0.490 e. The number of ether oxygens (including phenoxy) is 3. The highest BCUT2D eigenvalue weighted by Gasteiger charge is 2.20. The zero-order chi connectivity index (χ0) is 21.9. The molecule has 0 amide bonds. The second-order valence-corrected chi connectivity index (χ2v) is 7.76. The van der Waals surface area contributed by atoms with Gasteiger partial charge in [-0.1, -0.05) is 48.5 Å². The maximum Gasteiger partial charge on any atom is 0.335 e. The number of carbonyl (C=O) groups excluding carboxylic acids is 1. The van der Waals surface area contributed by atoms with Crippen molar-refractivity contribution >= 4 is 22.9 Å². The molecule has 0 saturated carbocycles. The largest absolute Gasteiger partial charge is 0.490 e. The molecule has 0 radical (unpaired) electrons. The standard InChI is InChI=1S/C26H28O4S/c1-3-28-24(26(27)29-4-2)19-20-12-14-22(15-13-20)30-17-16-23(25-11-8-18-31-25)21-9-6-5-7-10-21/h5-16,18,24H,3-4,17,19H2,1-2H3/b23-16-. The van der Waals surface area contributed by atoms with E-state index in [4.69, 9.17) is 14.2 Å². The number of hydrogen-bond acceptors (Lipinski definition) is 5. The van der Waals surface area contributed by atoms with Gasteiger partial charge in [-0.05, 0) is 60.2 Å². The van der Waals surface area contributed by atoms with E-state index in [1.165, 1.54) is 16.0 Å². The highest BCUT2D eigenvalue weighted by atomic mass is 32.1. The Morgan fingerprint density at radius 1 is 0.968 bits per heavy atom. The van der Waals surface area contributed by atoms with Gasteiger partial charge in [-0.3, -0.25) is 0 Å². The van der Waals surface area contributed by atoms with Crippen LogP contribution in [0.5, 0.6) is 5.75 Å². The molecule has 1 heterocycles. The lowest BCUT2D eigenvalue weighted by Crippen LogP contribution is -2.28. The number of rotatable bonds is 11. The van der Waals surface area contributed by atoms with E-state index in [9.17, 15) is 4.79 Å². The SMILES string of the molecule is CCOC(=O)C(Cc1ccc(OC/C=C(/c2ccccc2)c2cccs2)cc1)OCC. The molecule has 0 spiro atoms. The summed E-state index contributed by atoms with van der Waals surface area (Å²) >= 11 is 1.72. The van der Waals surface area contributed by atoms with Crippen molar-refractivity contribution in [2.75, 3.05) is 19.8 Å². The fourth-order valence-corrected chi connectivity index (χ4v) is 4.00. The van der Waals surface area contributed by atoms with E-state index < -0.39 is 6.10 Å². The molecule has 3 aromatic rings. The van der Waals surface area contributed by atoms with Crippen LogP contribution in [0.15, 0.2) is 78.2 Å². The minimum atomic E-state index is -0.584. The molecule has 0 N–H and O–H groups in total. The molecule has 0 saturated heterocycles. The van der Waals surface area contributed by atoms with Gasteiger partial charge in [0, 0.05) is 17.9 Å². The summed E-state index contributed by atoms with van der Waals surface area (Å²) in [7, 11) is 0. The van der Waals surface area contributed by atoms with Gasteiger partial charge in [0.15, 0.2) is 6.10 Å². The molecule has 0 bridgehead atoms. The van der Waals surface area contributed by atoms with E-state index in [1.54, 1.807) is 18.3 Å². The molecular weight excluding hydrogens is 408 g/mol. The third kappa shape index (κ3) is 6.81. The summed E-state index contributed by atoms with van der Waals surface area (Å²) in [6.07, 6.45) is 2.00. The van der Waals surface area contributed by atoms with Crippen molar-refractivity contribution in [1.29, 1.82) is 0 Å². The number of benzene rings is 2. The Kier molecular flexibility index (Phi) is 8.88. The van der Waals surface area contributed by atoms with Gasteiger partial charge >= 0.3 is 5.97 Å². The molecule has 2 aromatic carbocycles. The molecule has 3 rings (SSSR count). The van der Waals surface area contributed by atoms with Gasteiger partial charge in [-0.25, -0.2) is 4.79 Å². The fraction of sp³-hybridized carbons (Fsp3) is 0.269. The third-order valence-electron chi connectivity index (χ3n) is 4.67. The fourth-order valence-electron chi connectivity index (χ4n) is 3.21. The van der Waals surface area contributed by atoms with Crippen LogP contribution in [0.25, 0.3) is 5.57 Å². The monoisotopic (exact) mass is 436 g/mol. The highest BCUT2D eigenvalue weighted by molar-refractivity contribution is 7.11. The van der Waals surface area contributed by atoms with E-state index in [2.05, 4.69) is 35.7 Å². The number of carbonyl (C=O) groups is 1. The Labute approximate surface area is 188 Å². The normalized spacial score (nSPS) is 12.4. The van der Waals surface area contributed by atoms with Crippen LogP contribution >= 0.6 is 11.3 Å². The van der Waals surface area contributed by atoms with Crippen LogP contribution in [-0.4, -0.2) is 31.9 Å². The first-order valence-corrected chi connectivity index (χ1v) is 11.4. The lowest BCUT2D eigenvalue weighted by Gasteiger charge is -2.15. The van der Waals surface area contributed by atoms with Gasteiger partial charge in [0.25, 0.3) is 0 Å². The Morgan fingerprint density at radius 2 is 1.74 bits per heavy atom. The van der Waals surface area contributed by atoms with E-state index in [1.807, 2.05) is 49.4 Å². The van der Waals surface area contributed by atoms with E-state index in [-0.39, 0.29) is 5.97 Å². The molecule has 162 valence electrons. The minimum absolute atomic E-state index is 0.322. The predicted molar refractivity (Wildman–Crippen MR) is 126 cm³/mol. The van der Waals surface area contributed by atoms with Crippen LogP contribution in [0.1, 0.15) is 29.9 Å². The zero-order valence-electron chi connectivity index (χ0n) is 18.0. The van der Waals surface area contributed by atoms with Crippen molar-refractivity contribution in [2.45, 2.75) is 26.4 Å². The average molecular weight is 437 g/mol. The molecular formula is C26H28O4S. The second kappa shape index (κ2) is 12.1. The molecule has 1 aromatic heterocycles. The lowest BCUT2D eigenvalue weighted by molar-refractivity contribution is -0.156. The van der Waals surface area contributed by atoms with Crippen LogP contribution < -0.4 is 4.74 Å². The van der Waals surface area contributed by atoms with Gasteiger partial charge in [0.1, 0.15) is 12.4 Å². The first-order valence-electron chi connectivity index (χ1n) is 10.5. The summed E-state index contributed by atoms with van der Waals surface area (Å²) in [4.78, 5) is 13.3. The van der Waals surface area contributed by atoms with E-state index in [0.717, 1.165) is 11.3 Å². The zero-order valence-corrected chi connectivity index (χ0v) is 18.8. The summed E-state index contributed by atoms with van der Waals surface area (Å²) in [6, 6.07) is 22.3. The Morgan fingerprint density at radius 3 is 2.39 bits per heavy atom. The molecule has 1 unspecified atom stereocenters. The Hall–Kier alpha value is -2.89. The molecule has 4 nitrogen and oxygen atoms in total. The van der Waals surface area contributed by atoms with Crippen LogP contribution in [0, 0.1) is 0 Å². The van der Waals surface area contributed by atoms with Crippen LogP contribution in [0.4, 0.5) is 0 Å². The molecule has 0 aliphatic heterocycles. The van der Waals surface area contributed by atoms with Crippen molar-refractivity contribution in [3.8, 4) is 5.75 Å². The number of hydrogen-bond donors (Lipinski definition) is 0. The van der Waals surface area contributed by atoms with Crippen molar-refractivity contribution in [1.82, 2.24) is 0 Å². The summed E-state index contributed by atoms with van der Waals surface area (Å²) in [5.74, 6) is 0.458. The van der Waals surface area contributed by atoms with Gasteiger partial charge < -0.3 is 14.2 Å². The van der Waals surface area contributed by atoms with Gasteiger partial charge in [-0.2, -0.15) is 0 Å². The smallest absolute Gasteiger partial charge is 0.335 e. The summed E-state index contributed by atoms with van der Waals surface area (Å²) in [5, 5.41) is 2.08. The van der Waals surface area contributed by atoms with Crippen molar-refractivity contribution in [3.63, 3.8) is 0 Å². The summed E-state index contributed by atoms with van der Waals surface area (Å²) in [6.45, 7) is 4.94. The van der Waals surface area contributed by atoms with E-state index in [0.29, 0.717) is 26.2 Å². The topological polar surface area (TPSA) is 44.8 Å². The Balaban J connectivity index is 1.63. The maximum atomic E-state index is 12.0. The molecule has 5 heteroatoms. The molecule has 0 aliphatic carbocycles. The Bertz CT molecular complexity index is 947. The van der Waals surface area contributed by atoms with Gasteiger partial charge in [0.2, 0.25) is 0 Å². The first kappa shape index (κ1) is 22.8. The summed E-state index contributed by atoms with van der Waals surface area (Å²) < 4.78 is 16.6. The number of esters is 1. The predicted octanol–water partition coefficient (Wildman–Crippen LogP) is 5.77.